The molecule has 4 heteroatoms. The first-order valence-electron chi connectivity index (χ1n) is 4.44. The van der Waals surface area contributed by atoms with Crippen molar-refractivity contribution in [3.63, 3.8) is 0 Å². The third-order valence-electron chi connectivity index (χ3n) is 2.51. The molecule has 0 radical (unpaired) electrons. The number of nitrogens with zero attached hydrogens (tertiary/aromatic N) is 1. The van der Waals surface area contributed by atoms with Gasteiger partial charge in [0.15, 0.2) is 0 Å². The molecule has 1 aromatic heterocycles. The molecule has 0 bridgehead atoms. The fourth-order valence-corrected chi connectivity index (χ4v) is 1.83. The van der Waals surface area contributed by atoms with Gasteiger partial charge in [0.2, 0.25) is 0 Å². The second kappa shape index (κ2) is 2.87. The van der Waals surface area contributed by atoms with Crippen molar-refractivity contribution in [1.29, 1.82) is 0 Å². The van der Waals surface area contributed by atoms with Crippen molar-refractivity contribution in [3.05, 3.63) is 17.2 Å². The minimum atomic E-state index is -0.696. The van der Waals surface area contributed by atoms with Crippen molar-refractivity contribution in [1.82, 2.24) is 9.97 Å². The lowest BCUT2D eigenvalue weighted by molar-refractivity contribution is -0.142. The summed E-state index contributed by atoms with van der Waals surface area (Å²) in [6.07, 6.45) is 2.11. The highest BCUT2D eigenvalue weighted by Crippen LogP contribution is 2.23. The van der Waals surface area contributed by atoms with Gasteiger partial charge in [-0.3, -0.25) is 4.79 Å². The van der Waals surface area contributed by atoms with Crippen LogP contribution in [0.3, 0.4) is 0 Å². The van der Waals surface area contributed by atoms with Crippen LogP contribution in [0.25, 0.3) is 0 Å². The maximum atomic E-state index is 10.7. The number of aliphatic carboxylic acids is 1. The van der Waals surface area contributed by atoms with Crippen LogP contribution in [0.2, 0.25) is 0 Å². The second-order valence-electron chi connectivity index (χ2n) is 3.53. The number of carboxylic acids is 1. The Hall–Kier alpha value is -1.32. The van der Waals surface area contributed by atoms with Crippen LogP contribution >= 0.6 is 0 Å². The summed E-state index contributed by atoms with van der Waals surface area (Å²) in [6, 6.07) is 0. The van der Waals surface area contributed by atoms with E-state index in [4.69, 9.17) is 5.11 Å². The van der Waals surface area contributed by atoms with Crippen LogP contribution in [-0.2, 0) is 17.6 Å². The highest BCUT2D eigenvalue weighted by atomic mass is 16.4. The van der Waals surface area contributed by atoms with Crippen LogP contribution in [0.15, 0.2) is 0 Å². The van der Waals surface area contributed by atoms with Crippen molar-refractivity contribution in [2.75, 3.05) is 0 Å². The van der Waals surface area contributed by atoms with Gasteiger partial charge < -0.3 is 10.1 Å². The van der Waals surface area contributed by atoms with E-state index in [1.807, 2.05) is 6.92 Å². The molecule has 4 nitrogen and oxygen atoms in total. The molecule has 70 valence electrons. The van der Waals surface area contributed by atoms with Gasteiger partial charge in [-0.25, -0.2) is 4.98 Å². The van der Waals surface area contributed by atoms with Crippen molar-refractivity contribution < 1.29 is 9.90 Å². The van der Waals surface area contributed by atoms with E-state index in [0.29, 0.717) is 12.8 Å². The third-order valence-corrected chi connectivity index (χ3v) is 2.51. The Balaban J connectivity index is 2.24. The predicted molar refractivity (Wildman–Crippen MR) is 46.5 cm³/mol. The van der Waals surface area contributed by atoms with Gasteiger partial charge in [-0.1, -0.05) is 0 Å². The van der Waals surface area contributed by atoms with Gasteiger partial charge in [-0.15, -0.1) is 0 Å². The lowest BCUT2D eigenvalue weighted by atomic mass is 9.90. The average Bonchev–Trinajstić information content (AvgIpc) is 2.42. The van der Waals surface area contributed by atoms with E-state index in [1.165, 1.54) is 0 Å². The lowest BCUT2D eigenvalue weighted by Crippen LogP contribution is -2.22. The predicted octanol–water partition coefficient (Wildman–Crippen LogP) is 0.908. The standard InChI is InChI=1S/C9H12N2O2/c1-5-10-7-3-2-6(9(12)13)4-8(7)11-5/h6H,2-4H2,1H3,(H,10,11)(H,12,13). The molecule has 1 aliphatic rings. The topological polar surface area (TPSA) is 66.0 Å². The molecule has 2 N–H and O–H groups in total. The number of rotatable bonds is 1. The first-order valence-corrected chi connectivity index (χ1v) is 4.44. The molecule has 1 unspecified atom stereocenters. The van der Waals surface area contributed by atoms with Gasteiger partial charge in [0.25, 0.3) is 0 Å². The highest BCUT2D eigenvalue weighted by Gasteiger charge is 2.26. The number of hydrogen-bond donors (Lipinski definition) is 2. The van der Waals surface area contributed by atoms with E-state index in [1.54, 1.807) is 0 Å². The van der Waals surface area contributed by atoms with Gasteiger partial charge in [0, 0.05) is 12.1 Å². The molecular formula is C9H12N2O2. The van der Waals surface area contributed by atoms with Gasteiger partial charge in [0.1, 0.15) is 5.82 Å². The third kappa shape index (κ3) is 1.43. The number of aromatic nitrogens is 2. The molecule has 2 rings (SSSR count). The van der Waals surface area contributed by atoms with Crippen molar-refractivity contribution >= 4 is 5.97 Å². The number of carbonyl (C=O) groups is 1. The zero-order chi connectivity index (χ0) is 9.42. The SMILES string of the molecule is Cc1nc2c([nH]1)CC(C(=O)O)CC2. The Morgan fingerprint density at radius 1 is 1.69 bits per heavy atom. The maximum absolute atomic E-state index is 10.7. The molecule has 0 aliphatic heterocycles. The van der Waals surface area contributed by atoms with Crippen molar-refractivity contribution in [3.8, 4) is 0 Å². The zero-order valence-corrected chi connectivity index (χ0v) is 7.50. The van der Waals surface area contributed by atoms with E-state index < -0.39 is 5.97 Å². The van der Waals surface area contributed by atoms with Crippen molar-refractivity contribution in [2.24, 2.45) is 5.92 Å². The smallest absolute Gasteiger partial charge is 0.306 e. The van der Waals surface area contributed by atoms with Crippen LogP contribution in [0.4, 0.5) is 0 Å². The van der Waals surface area contributed by atoms with Crippen LogP contribution in [-0.4, -0.2) is 21.0 Å². The van der Waals surface area contributed by atoms with Crippen LogP contribution in [0, 0.1) is 12.8 Å². The summed E-state index contributed by atoms with van der Waals surface area (Å²) in [5.41, 5.74) is 2.06. The molecule has 0 spiro atoms. The normalized spacial score (nSPS) is 21.2. The highest BCUT2D eigenvalue weighted by molar-refractivity contribution is 5.70. The number of nitrogens with one attached hydrogen (secondary N) is 1. The fraction of sp³-hybridized carbons (Fsp3) is 0.556. The molecule has 0 amide bonds. The molecule has 0 saturated carbocycles. The maximum Gasteiger partial charge on any atom is 0.306 e. The Morgan fingerprint density at radius 2 is 2.46 bits per heavy atom. The minimum Gasteiger partial charge on any atom is -0.481 e. The summed E-state index contributed by atoms with van der Waals surface area (Å²) in [4.78, 5) is 18.1. The fourth-order valence-electron chi connectivity index (χ4n) is 1.83. The molecular weight excluding hydrogens is 168 g/mol. The lowest BCUT2D eigenvalue weighted by Gasteiger charge is -2.16. The number of aryl methyl sites for hydroxylation is 2. The summed E-state index contributed by atoms with van der Waals surface area (Å²) < 4.78 is 0. The first kappa shape index (κ1) is 8.29. The van der Waals surface area contributed by atoms with E-state index >= 15 is 0 Å². The molecule has 0 saturated heterocycles. The van der Waals surface area contributed by atoms with Gasteiger partial charge >= 0.3 is 5.97 Å². The second-order valence-corrected chi connectivity index (χ2v) is 3.53. The van der Waals surface area contributed by atoms with E-state index in [2.05, 4.69) is 9.97 Å². The zero-order valence-electron chi connectivity index (χ0n) is 7.50. The Bertz CT molecular complexity index is 343. The summed E-state index contributed by atoms with van der Waals surface area (Å²) in [6.45, 7) is 1.90. The minimum absolute atomic E-state index is 0.229. The monoisotopic (exact) mass is 180 g/mol. The molecule has 1 aromatic rings. The van der Waals surface area contributed by atoms with Crippen LogP contribution < -0.4 is 0 Å². The van der Waals surface area contributed by atoms with E-state index in [0.717, 1.165) is 23.6 Å². The summed E-state index contributed by atoms with van der Waals surface area (Å²) in [5.74, 6) is -0.0405. The summed E-state index contributed by atoms with van der Waals surface area (Å²) in [7, 11) is 0. The van der Waals surface area contributed by atoms with Gasteiger partial charge in [-0.2, -0.15) is 0 Å². The molecule has 0 fully saturated rings. The number of aromatic amines is 1. The molecule has 0 aromatic carbocycles. The van der Waals surface area contributed by atoms with Gasteiger partial charge in [-0.05, 0) is 19.8 Å². The Morgan fingerprint density at radius 3 is 3.15 bits per heavy atom. The molecule has 13 heavy (non-hydrogen) atoms. The number of fused-ring (bicyclic) bond motifs is 1. The summed E-state index contributed by atoms with van der Waals surface area (Å²) >= 11 is 0. The van der Waals surface area contributed by atoms with E-state index in [9.17, 15) is 4.79 Å². The van der Waals surface area contributed by atoms with Crippen LogP contribution in [0.5, 0.6) is 0 Å². The average molecular weight is 180 g/mol. The number of H-pyrrole nitrogens is 1. The Labute approximate surface area is 76.0 Å². The summed E-state index contributed by atoms with van der Waals surface area (Å²) in [5, 5.41) is 8.84. The first-order chi connectivity index (χ1) is 6.16. The van der Waals surface area contributed by atoms with E-state index in [-0.39, 0.29) is 5.92 Å². The van der Waals surface area contributed by atoms with Gasteiger partial charge in [0.05, 0.1) is 11.6 Å². The van der Waals surface area contributed by atoms with Crippen LogP contribution in [0.1, 0.15) is 23.6 Å². The Kier molecular flexibility index (Phi) is 1.83. The number of carboxylic acid groups (broad SMARTS) is 1. The molecule has 1 heterocycles. The number of hydrogen-bond acceptors (Lipinski definition) is 2. The molecule has 1 aliphatic carbocycles. The largest absolute Gasteiger partial charge is 0.481 e. The number of imidazole rings is 1. The quantitative estimate of drug-likeness (QED) is 0.675. The van der Waals surface area contributed by atoms with Crippen molar-refractivity contribution in [2.45, 2.75) is 26.2 Å². The molecule has 1 atom stereocenters.